The highest BCUT2D eigenvalue weighted by Gasteiger charge is 2.33. The van der Waals surface area contributed by atoms with Gasteiger partial charge in [0, 0.05) is 24.8 Å². The van der Waals surface area contributed by atoms with E-state index in [0.717, 1.165) is 0 Å². The molecule has 0 unspecified atom stereocenters. The van der Waals surface area contributed by atoms with E-state index < -0.39 is 16.0 Å². The number of benzene rings is 1. The zero-order valence-electron chi connectivity index (χ0n) is 19.2. The van der Waals surface area contributed by atoms with Gasteiger partial charge in [-0.3, -0.25) is 13.8 Å². The molecule has 1 aliphatic heterocycles. The molecule has 11 heteroatoms. The van der Waals surface area contributed by atoms with Crippen LogP contribution in [0, 0.1) is 25.7 Å². The summed E-state index contributed by atoms with van der Waals surface area (Å²) < 4.78 is 34.0. The Bertz CT molecular complexity index is 1010. The summed E-state index contributed by atoms with van der Waals surface area (Å²) in [6, 6.07) is 4.89. The summed E-state index contributed by atoms with van der Waals surface area (Å²) in [5.41, 5.74) is 6.63. The molecule has 0 atom stereocenters. The van der Waals surface area contributed by atoms with Gasteiger partial charge in [-0.2, -0.15) is 5.10 Å². The van der Waals surface area contributed by atoms with Gasteiger partial charge in [-0.1, -0.05) is 32.4 Å². The van der Waals surface area contributed by atoms with Gasteiger partial charge in [-0.05, 0) is 25.1 Å². The molecule has 0 bridgehead atoms. The Kier molecular flexibility index (Phi) is 15.7. The van der Waals surface area contributed by atoms with Crippen molar-refractivity contribution >= 4 is 39.0 Å². The van der Waals surface area contributed by atoms with Crippen LogP contribution in [0.5, 0.6) is 5.75 Å². The summed E-state index contributed by atoms with van der Waals surface area (Å²) >= 11 is 5.99. The number of carbonyl (C=O) groups is 1. The molecule has 182 valence electrons. The summed E-state index contributed by atoms with van der Waals surface area (Å²) in [7, 11) is -3.83. The molecule has 2 heterocycles. The second kappa shape index (κ2) is 16.3. The molecule has 0 saturated heterocycles. The van der Waals surface area contributed by atoms with Crippen molar-refractivity contribution in [3.8, 4) is 31.4 Å². The Labute approximate surface area is 201 Å². The van der Waals surface area contributed by atoms with Crippen molar-refractivity contribution in [3.63, 3.8) is 0 Å². The monoisotopic (exact) mass is 498 g/mol. The second-order valence-electron chi connectivity index (χ2n) is 5.54. The lowest BCUT2D eigenvalue weighted by molar-refractivity contribution is -0.136. The molecule has 9 nitrogen and oxygen atoms in total. The lowest BCUT2D eigenvalue weighted by atomic mass is 10.2. The van der Waals surface area contributed by atoms with Crippen LogP contribution in [0.2, 0.25) is 5.15 Å². The Morgan fingerprint density at radius 3 is 2.24 bits per heavy atom. The van der Waals surface area contributed by atoms with Crippen LogP contribution in [-0.4, -0.2) is 42.4 Å². The van der Waals surface area contributed by atoms with E-state index in [4.69, 9.17) is 27.2 Å². The summed E-state index contributed by atoms with van der Waals surface area (Å²) in [5, 5.41) is 11.7. The molecule has 0 radical (unpaired) electrons. The fraction of sp³-hybridized carbons (Fsp3) is 0.364. The minimum atomic E-state index is -3.83. The highest BCUT2D eigenvalue weighted by Crippen LogP contribution is 2.37. The maximum absolute atomic E-state index is 12.9. The maximum Gasteiger partial charge on any atom is 0.303 e. The van der Waals surface area contributed by atoms with Crippen molar-refractivity contribution in [3.05, 3.63) is 29.5 Å². The molecule has 2 aromatic rings. The smallest absolute Gasteiger partial charge is 0.303 e. The van der Waals surface area contributed by atoms with Gasteiger partial charge in [-0.25, -0.2) is 8.42 Å². The number of carboxylic acid groups (broad SMARTS) is 1. The van der Waals surface area contributed by atoms with E-state index >= 15 is 0 Å². The fourth-order valence-electron chi connectivity index (χ4n) is 2.29. The summed E-state index contributed by atoms with van der Waals surface area (Å²) in [4.78, 5) is 9.35. The van der Waals surface area contributed by atoms with E-state index in [2.05, 4.69) is 30.8 Å². The molecule has 0 aliphatic carbocycles. The number of hydrogen-bond donors (Lipinski definition) is 2. The van der Waals surface area contributed by atoms with E-state index in [9.17, 15) is 13.2 Å². The number of nitrogen functional groups attached to an aromatic ring is 1. The molecule has 1 aliphatic rings. The molecular weight excluding hydrogens is 468 g/mol. The number of sulfonamides is 1. The lowest BCUT2D eigenvalue weighted by Crippen LogP contribution is -2.38. The van der Waals surface area contributed by atoms with Gasteiger partial charge in [-0.15, -0.1) is 25.7 Å². The predicted molar refractivity (Wildman–Crippen MR) is 133 cm³/mol. The third-order valence-electron chi connectivity index (χ3n) is 3.68. The number of anilines is 2. The normalized spacial score (nSPS) is 11.1. The Morgan fingerprint density at radius 1 is 1.24 bits per heavy atom. The molecule has 0 saturated carbocycles. The highest BCUT2D eigenvalue weighted by atomic mass is 35.5. The van der Waals surface area contributed by atoms with Crippen LogP contribution in [-0.2, 0) is 21.4 Å². The van der Waals surface area contributed by atoms with Gasteiger partial charge in [0.05, 0.1) is 12.2 Å². The van der Waals surface area contributed by atoms with Gasteiger partial charge in [0.2, 0.25) is 0 Å². The molecule has 1 aromatic heterocycles. The average molecular weight is 499 g/mol. The first-order valence-electron chi connectivity index (χ1n) is 9.87. The highest BCUT2D eigenvalue weighted by molar-refractivity contribution is 7.93. The van der Waals surface area contributed by atoms with Crippen molar-refractivity contribution in [2.24, 2.45) is 0 Å². The quantitative estimate of drug-likeness (QED) is 0.485. The van der Waals surface area contributed by atoms with Gasteiger partial charge in [0.25, 0.3) is 10.0 Å². The van der Waals surface area contributed by atoms with Gasteiger partial charge in [0.1, 0.15) is 17.3 Å². The molecule has 3 N–H and O–H groups in total. The topological polar surface area (TPSA) is 128 Å². The first-order valence-corrected chi connectivity index (χ1v) is 11.7. The molecule has 0 amide bonds. The van der Waals surface area contributed by atoms with Gasteiger partial charge in [0.15, 0.2) is 5.15 Å². The van der Waals surface area contributed by atoms with Crippen LogP contribution < -0.4 is 14.8 Å². The zero-order valence-corrected chi connectivity index (χ0v) is 20.8. The average Bonchev–Trinajstić information content (AvgIpc) is 3.24. The number of terminal acetylenes is 2. The van der Waals surface area contributed by atoms with Crippen molar-refractivity contribution in [2.75, 3.05) is 23.2 Å². The van der Waals surface area contributed by atoms with Crippen LogP contribution in [0.4, 0.5) is 11.4 Å². The van der Waals surface area contributed by atoms with Crippen molar-refractivity contribution in [2.45, 2.75) is 45.6 Å². The molecular formula is C22H31ClN4O5S. The Balaban J connectivity index is 0. The SMILES string of the molecule is C#C.C#C.CC.CCC(=O)O.CCn1cc(S(=O)(=O)N2CCOc3ccc(N)cc32)c(Cl)n1. The minimum Gasteiger partial charge on any atom is -0.489 e. The van der Waals surface area contributed by atoms with Gasteiger partial charge >= 0.3 is 5.97 Å². The number of ether oxygens (including phenoxy) is 1. The number of aromatic nitrogens is 2. The van der Waals surface area contributed by atoms with E-state index in [-0.39, 0.29) is 29.6 Å². The number of halogens is 1. The zero-order chi connectivity index (χ0) is 26.2. The molecule has 1 aromatic carbocycles. The number of aryl methyl sites for hydroxylation is 1. The molecule has 33 heavy (non-hydrogen) atoms. The number of nitrogens with two attached hydrogens (primary N) is 1. The molecule has 0 fully saturated rings. The fourth-order valence-corrected chi connectivity index (χ4v) is 4.19. The predicted octanol–water partition coefficient (Wildman–Crippen LogP) is 3.73. The largest absolute Gasteiger partial charge is 0.489 e. The number of fused-ring (bicyclic) bond motifs is 1. The Hall–Kier alpha value is -3.34. The third-order valence-corrected chi connectivity index (χ3v) is 5.89. The van der Waals surface area contributed by atoms with Crippen LogP contribution in [0.1, 0.15) is 34.1 Å². The second-order valence-corrected chi connectivity index (χ2v) is 7.73. The van der Waals surface area contributed by atoms with Crippen LogP contribution in [0.15, 0.2) is 29.3 Å². The Morgan fingerprint density at radius 2 is 1.79 bits per heavy atom. The van der Waals surface area contributed by atoms with E-state index in [1.807, 2.05) is 20.8 Å². The minimum absolute atomic E-state index is 0.0220. The summed E-state index contributed by atoms with van der Waals surface area (Å²) in [6.45, 7) is 8.43. The number of nitrogens with zero attached hydrogens (tertiary/aromatic N) is 3. The number of aliphatic carboxylic acids is 1. The first kappa shape index (κ1) is 31.8. The van der Waals surface area contributed by atoms with Crippen molar-refractivity contribution < 1.29 is 23.1 Å². The summed E-state index contributed by atoms with van der Waals surface area (Å²) in [5.74, 6) is -0.270. The van der Waals surface area contributed by atoms with E-state index in [1.54, 1.807) is 25.1 Å². The van der Waals surface area contributed by atoms with Crippen LogP contribution in [0.25, 0.3) is 0 Å². The summed E-state index contributed by atoms with van der Waals surface area (Å²) in [6.07, 6.45) is 17.7. The van der Waals surface area contributed by atoms with Crippen molar-refractivity contribution in [1.29, 1.82) is 0 Å². The molecule has 0 spiro atoms. The van der Waals surface area contributed by atoms with E-state index in [1.165, 1.54) is 15.2 Å². The van der Waals surface area contributed by atoms with Crippen LogP contribution >= 0.6 is 11.6 Å². The third kappa shape index (κ3) is 8.97. The standard InChI is InChI=1S/C13H15ClN4O3S.C3H6O2.C2H6.2C2H2/c1-2-17-8-12(13(14)16-17)22(19,20)18-5-6-21-11-4-3-9(15)7-10(11)18;1-2-3(4)5;3*1-2/h3-4,7-8H,2,5-6,15H2,1H3;2H2,1H3,(H,4,5);1-2H3;2*1-2H. The lowest BCUT2D eigenvalue weighted by Gasteiger charge is -2.30. The van der Waals surface area contributed by atoms with Crippen molar-refractivity contribution in [1.82, 2.24) is 9.78 Å². The number of hydrogen-bond acceptors (Lipinski definition) is 6. The van der Waals surface area contributed by atoms with Crippen LogP contribution in [0.3, 0.4) is 0 Å². The van der Waals surface area contributed by atoms with E-state index in [0.29, 0.717) is 23.7 Å². The maximum atomic E-state index is 12.9. The van der Waals surface area contributed by atoms with Gasteiger partial charge < -0.3 is 15.6 Å². The number of rotatable bonds is 4. The molecule has 3 rings (SSSR count). The first-order chi connectivity index (χ1) is 15.7. The number of carboxylic acids is 1.